The zero-order chi connectivity index (χ0) is 13.4. The van der Waals surface area contributed by atoms with Gasteiger partial charge in [0.1, 0.15) is 5.75 Å². The molecule has 1 rings (SSSR count). The summed E-state index contributed by atoms with van der Waals surface area (Å²) in [6.07, 6.45) is 7.97. The van der Waals surface area contributed by atoms with Crippen molar-refractivity contribution in [2.75, 3.05) is 7.11 Å². The van der Waals surface area contributed by atoms with Crippen LogP contribution in [0.1, 0.15) is 44.2 Å². The highest BCUT2D eigenvalue weighted by Gasteiger charge is 2.00. The first-order chi connectivity index (χ1) is 8.67. The fourth-order valence-corrected chi connectivity index (χ4v) is 1.88. The van der Waals surface area contributed by atoms with Crippen LogP contribution >= 0.6 is 0 Å². The molecule has 0 saturated heterocycles. The summed E-state index contributed by atoms with van der Waals surface area (Å²) in [6.45, 7) is 3.98. The average Bonchev–Trinajstić information content (AvgIpc) is 2.37. The van der Waals surface area contributed by atoms with Crippen LogP contribution in [-0.4, -0.2) is 18.3 Å². The smallest absolute Gasteiger partial charge is 0.126 e. The molecule has 100 valence electrons. The number of allylic oxidation sites excluding steroid dienone is 1. The molecular formula is C16H24O2. The molecule has 0 saturated carbocycles. The number of hydrogen-bond donors (Lipinski definition) is 1. The van der Waals surface area contributed by atoms with Gasteiger partial charge in [-0.1, -0.05) is 25.1 Å². The zero-order valence-corrected chi connectivity index (χ0v) is 11.6. The van der Waals surface area contributed by atoms with Crippen molar-refractivity contribution in [3.63, 3.8) is 0 Å². The maximum absolute atomic E-state index is 9.18. The quantitative estimate of drug-likeness (QED) is 0.743. The molecule has 0 aliphatic carbocycles. The summed E-state index contributed by atoms with van der Waals surface area (Å²) in [5, 5.41) is 9.18. The molecule has 1 aromatic carbocycles. The van der Waals surface area contributed by atoms with E-state index in [4.69, 9.17) is 4.74 Å². The molecule has 1 aromatic rings. The molecule has 1 atom stereocenters. The third-order valence-electron chi connectivity index (χ3n) is 2.99. The standard InChI is InChI=1S/C16H24O2/c1-4-14-10-11-16(18-3)15(12-14)9-7-5-6-8-13(2)17/h7,9-13,17H,4-6,8H2,1-3H3/b9-7+/t13-/m1/s1. The predicted octanol–water partition coefficient (Wildman–Crippen LogP) is 3.82. The minimum Gasteiger partial charge on any atom is -0.496 e. The minimum absolute atomic E-state index is 0.198. The summed E-state index contributed by atoms with van der Waals surface area (Å²) in [4.78, 5) is 0. The van der Waals surface area contributed by atoms with E-state index in [0.29, 0.717) is 0 Å². The van der Waals surface area contributed by atoms with Crippen LogP contribution in [-0.2, 0) is 6.42 Å². The second-order valence-corrected chi connectivity index (χ2v) is 4.61. The lowest BCUT2D eigenvalue weighted by molar-refractivity contribution is 0.182. The van der Waals surface area contributed by atoms with E-state index < -0.39 is 0 Å². The molecule has 0 amide bonds. The monoisotopic (exact) mass is 248 g/mol. The van der Waals surface area contributed by atoms with Crippen LogP contribution in [0.15, 0.2) is 24.3 Å². The molecule has 2 nitrogen and oxygen atoms in total. The Bertz CT molecular complexity index is 381. The number of rotatable bonds is 7. The van der Waals surface area contributed by atoms with E-state index in [1.165, 1.54) is 5.56 Å². The highest BCUT2D eigenvalue weighted by atomic mass is 16.5. The summed E-state index contributed by atoms with van der Waals surface area (Å²) < 4.78 is 5.35. The Labute approximate surface area is 110 Å². The van der Waals surface area contributed by atoms with Gasteiger partial charge in [-0.15, -0.1) is 0 Å². The van der Waals surface area contributed by atoms with Crippen LogP contribution in [0.4, 0.5) is 0 Å². The van der Waals surface area contributed by atoms with Crippen LogP contribution in [0.2, 0.25) is 0 Å². The Morgan fingerprint density at radius 1 is 1.39 bits per heavy atom. The number of aryl methyl sites for hydroxylation is 1. The summed E-state index contributed by atoms with van der Waals surface area (Å²) in [5.74, 6) is 0.916. The van der Waals surface area contributed by atoms with Crippen molar-refractivity contribution in [3.05, 3.63) is 35.4 Å². The number of unbranched alkanes of at least 4 members (excludes halogenated alkanes) is 1. The van der Waals surface area contributed by atoms with Gasteiger partial charge in [0.2, 0.25) is 0 Å². The SMILES string of the molecule is CCc1ccc(OC)c(/C=C/CCC[C@@H](C)O)c1. The second-order valence-electron chi connectivity index (χ2n) is 4.61. The molecule has 0 radical (unpaired) electrons. The first kappa shape index (κ1) is 14.8. The van der Waals surface area contributed by atoms with Crippen molar-refractivity contribution >= 4 is 6.08 Å². The third kappa shape index (κ3) is 4.92. The van der Waals surface area contributed by atoms with E-state index in [2.05, 4.69) is 31.2 Å². The lowest BCUT2D eigenvalue weighted by atomic mass is 10.1. The van der Waals surface area contributed by atoms with Crippen LogP contribution < -0.4 is 4.74 Å². The minimum atomic E-state index is -0.198. The lowest BCUT2D eigenvalue weighted by Gasteiger charge is -2.07. The van der Waals surface area contributed by atoms with Crippen LogP contribution in [0.5, 0.6) is 5.75 Å². The first-order valence-electron chi connectivity index (χ1n) is 6.69. The molecule has 0 aliphatic heterocycles. The molecular weight excluding hydrogens is 224 g/mol. The highest BCUT2D eigenvalue weighted by Crippen LogP contribution is 2.22. The summed E-state index contributed by atoms with van der Waals surface area (Å²) in [7, 11) is 1.70. The molecule has 0 unspecified atom stereocenters. The zero-order valence-electron chi connectivity index (χ0n) is 11.6. The molecule has 2 heteroatoms. The van der Waals surface area contributed by atoms with Gasteiger partial charge in [0.05, 0.1) is 13.2 Å². The summed E-state index contributed by atoms with van der Waals surface area (Å²) in [6, 6.07) is 6.29. The average molecular weight is 248 g/mol. The van der Waals surface area contributed by atoms with E-state index in [0.717, 1.165) is 37.0 Å². The molecule has 0 aromatic heterocycles. The van der Waals surface area contributed by atoms with Crippen LogP contribution in [0.25, 0.3) is 6.08 Å². The number of aliphatic hydroxyl groups is 1. The van der Waals surface area contributed by atoms with Gasteiger partial charge in [0.25, 0.3) is 0 Å². The molecule has 1 N–H and O–H groups in total. The van der Waals surface area contributed by atoms with Gasteiger partial charge in [-0.25, -0.2) is 0 Å². The lowest BCUT2D eigenvalue weighted by Crippen LogP contribution is -1.97. The topological polar surface area (TPSA) is 29.5 Å². The highest BCUT2D eigenvalue weighted by molar-refractivity contribution is 5.58. The van der Waals surface area contributed by atoms with Crippen molar-refractivity contribution in [1.29, 1.82) is 0 Å². The molecule has 0 aliphatic rings. The van der Waals surface area contributed by atoms with E-state index in [-0.39, 0.29) is 6.10 Å². The van der Waals surface area contributed by atoms with Crippen LogP contribution in [0.3, 0.4) is 0 Å². The largest absolute Gasteiger partial charge is 0.496 e. The van der Waals surface area contributed by atoms with E-state index in [1.807, 2.05) is 13.0 Å². The van der Waals surface area contributed by atoms with Crippen molar-refractivity contribution in [3.8, 4) is 5.75 Å². The van der Waals surface area contributed by atoms with Gasteiger partial charge in [0, 0.05) is 5.56 Å². The molecule has 0 heterocycles. The second kappa shape index (κ2) is 7.93. The molecule has 0 spiro atoms. The van der Waals surface area contributed by atoms with Gasteiger partial charge < -0.3 is 9.84 Å². The van der Waals surface area contributed by atoms with E-state index in [1.54, 1.807) is 7.11 Å². The fraction of sp³-hybridized carbons (Fsp3) is 0.500. The Kier molecular flexibility index (Phi) is 6.51. The Balaban J connectivity index is 2.61. The van der Waals surface area contributed by atoms with Gasteiger partial charge in [-0.2, -0.15) is 0 Å². The van der Waals surface area contributed by atoms with Gasteiger partial charge in [-0.3, -0.25) is 0 Å². The third-order valence-corrected chi connectivity index (χ3v) is 2.99. The molecule has 18 heavy (non-hydrogen) atoms. The maximum atomic E-state index is 9.18. The molecule has 0 bridgehead atoms. The summed E-state index contributed by atoms with van der Waals surface area (Å²) in [5.41, 5.74) is 2.45. The van der Waals surface area contributed by atoms with Gasteiger partial charge in [0.15, 0.2) is 0 Å². The predicted molar refractivity (Wildman–Crippen MR) is 76.9 cm³/mol. The van der Waals surface area contributed by atoms with Gasteiger partial charge in [-0.05, 0) is 50.3 Å². The van der Waals surface area contributed by atoms with E-state index in [9.17, 15) is 5.11 Å². The van der Waals surface area contributed by atoms with Crippen molar-refractivity contribution in [2.45, 2.75) is 45.6 Å². The Morgan fingerprint density at radius 2 is 2.17 bits per heavy atom. The normalized spacial score (nSPS) is 12.9. The number of benzene rings is 1. The Hall–Kier alpha value is -1.28. The van der Waals surface area contributed by atoms with Crippen molar-refractivity contribution in [1.82, 2.24) is 0 Å². The van der Waals surface area contributed by atoms with Gasteiger partial charge >= 0.3 is 0 Å². The number of aliphatic hydroxyl groups excluding tert-OH is 1. The van der Waals surface area contributed by atoms with Crippen molar-refractivity contribution < 1.29 is 9.84 Å². The first-order valence-corrected chi connectivity index (χ1v) is 6.69. The van der Waals surface area contributed by atoms with E-state index >= 15 is 0 Å². The summed E-state index contributed by atoms with van der Waals surface area (Å²) >= 11 is 0. The number of hydrogen-bond acceptors (Lipinski definition) is 2. The number of ether oxygens (including phenoxy) is 1. The molecule has 0 fully saturated rings. The fourth-order valence-electron chi connectivity index (χ4n) is 1.88. The maximum Gasteiger partial charge on any atom is 0.126 e. The van der Waals surface area contributed by atoms with Crippen molar-refractivity contribution in [2.24, 2.45) is 0 Å². The number of methoxy groups -OCH3 is 1. The Morgan fingerprint density at radius 3 is 2.78 bits per heavy atom. The van der Waals surface area contributed by atoms with Crippen LogP contribution in [0, 0.1) is 0 Å².